The van der Waals surface area contributed by atoms with Crippen molar-refractivity contribution < 1.29 is 9.53 Å². The monoisotopic (exact) mass is 398 g/mol. The Morgan fingerprint density at radius 2 is 1.82 bits per heavy atom. The summed E-state index contributed by atoms with van der Waals surface area (Å²) < 4.78 is 5.86. The molecule has 2 aromatic carbocycles. The normalized spacial score (nSPS) is 17.5. The van der Waals surface area contributed by atoms with Gasteiger partial charge in [-0.25, -0.2) is 0 Å². The number of hydrogen-bond donors (Lipinski definition) is 1. The fraction of sp³-hybridized carbons (Fsp3) is 0.435. The van der Waals surface area contributed by atoms with Crippen LogP contribution in [0.5, 0.6) is 5.75 Å². The summed E-state index contributed by atoms with van der Waals surface area (Å²) in [4.78, 5) is 14.8. The summed E-state index contributed by atoms with van der Waals surface area (Å²) in [6.07, 6.45) is 4.82. The van der Waals surface area contributed by atoms with Crippen LogP contribution in [0.2, 0.25) is 5.02 Å². The van der Waals surface area contributed by atoms with Gasteiger partial charge in [0.1, 0.15) is 12.4 Å². The highest BCUT2D eigenvalue weighted by atomic mass is 35.5. The Kier molecular flexibility index (Phi) is 6.18. The van der Waals surface area contributed by atoms with Crippen LogP contribution in [0.3, 0.4) is 0 Å². The van der Waals surface area contributed by atoms with E-state index in [0.29, 0.717) is 29.0 Å². The molecule has 1 saturated carbocycles. The van der Waals surface area contributed by atoms with Gasteiger partial charge in [0.15, 0.2) is 0 Å². The molecule has 4 nitrogen and oxygen atoms in total. The molecule has 0 atom stereocenters. The maximum absolute atomic E-state index is 12.9. The molecule has 0 aromatic heterocycles. The number of carbonyl (C=O) groups excluding carboxylic acids is 1. The molecule has 1 heterocycles. The molecule has 2 fully saturated rings. The van der Waals surface area contributed by atoms with Crippen LogP contribution in [-0.4, -0.2) is 36.5 Å². The van der Waals surface area contributed by atoms with E-state index in [4.69, 9.17) is 16.3 Å². The Morgan fingerprint density at radius 1 is 1.07 bits per heavy atom. The van der Waals surface area contributed by atoms with E-state index in [1.165, 1.54) is 12.8 Å². The van der Waals surface area contributed by atoms with Gasteiger partial charge in [0, 0.05) is 29.7 Å². The first-order valence-corrected chi connectivity index (χ1v) is 10.5. The number of nitrogens with one attached hydrogen (secondary N) is 1. The van der Waals surface area contributed by atoms with Crippen LogP contribution in [0, 0.1) is 5.92 Å². The average Bonchev–Trinajstić information content (AvgIpc) is 3.56. The Labute approximate surface area is 171 Å². The van der Waals surface area contributed by atoms with Gasteiger partial charge in [0.2, 0.25) is 0 Å². The number of ether oxygens (including phenoxy) is 1. The number of benzene rings is 2. The van der Waals surface area contributed by atoms with Crippen molar-refractivity contribution in [1.82, 2.24) is 10.2 Å². The molecule has 28 heavy (non-hydrogen) atoms. The third kappa shape index (κ3) is 5.27. The molecule has 4 rings (SSSR count). The summed E-state index contributed by atoms with van der Waals surface area (Å²) in [5, 5.41) is 4.37. The number of likely N-dealkylation sites (tertiary alicyclic amines) is 1. The number of piperidine rings is 1. The van der Waals surface area contributed by atoms with Crippen molar-refractivity contribution in [3.8, 4) is 5.75 Å². The molecule has 1 saturated heterocycles. The summed E-state index contributed by atoms with van der Waals surface area (Å²) in [6, 6.07) is 15.6. The quantitative estimate of drug-likeness (QED) is 0.745. The Balaban J connectivity index is 1.29. The molecule has 0 radical (unpaired) electrons. The number of carbonyl (C=O) groups is 1. The lowest BCUT2D eigenvalue weighted by atomic mass is 10.0. The van der Waals surface area contributed by atoms with Crippen molar-refractivity contribution in [2.45, 2.75) is 38.3 Å². The zero-order valence-corrected chi connectivity index (χ0v) is 16.8. The molecule has 1 aliphatic carbocycles. The average molecular weight is 399 g/mol. The minimum absolute atomic E-state index is 0.0950. The molecule has 0 spiro atoms. The lowest BCUT2D eigenvalue weighted by Crippen LogP contribution is -2.45. The second-order valence-electron chi connectivity index (χ2n) is 7.86. The fourth-order valence-electron chi connectivity index (χ4n) is 3.59. The largest absolute Gasteiger partial charge is 0.489 e. The zero-order chi connectivity index (χ0) is 19.3. The highest BCUT2D eigenvalue weighted by Crippen LogP contribution is 2.28. The van der Waals surface area contributed by atoms with Gasteiger partial charge in [0.25, 0.3) is 5.91 Å². The number of rotatable bonds is 7. The Hall–Kier alpha value is -2.04. The van der Waals surface area contributed by atoms with Crippen LogP contribution < -0.4 is 10.1 Å². The molecule has 1 N–H and O–H groups in total. The number of amides is 1. The molecule has 1 amide bonds. The van der Waals surface area contributed by atoms with Crippen molar-refractivity contribution in [2.75, 3.05) is 19.6 Å². The molecule has 2 aliphatic rings. The van der Waals surface area contributed by atoms with Crippen molar-refractivity contribution in [2.24, 2.45) is 5.92 Å². The van der Waals surface area contributed by atoms with Gasteiger partial charge in [-0.15, -0.1) is 0 Å². The van der Waals surface area contributed by atoms with Crippen LogP contribution in [0.25, 0.3) is 0 Å². The Bertz CT molecular complexity index is 797. The van der Waals surface area contributed by atoms with Gasteiger partial charge in [-0.2, -0.15) is 0 Å². The van der Waals surface area contributed by atoms with E-state index in [2.05, 4.69) is 5.32 Å². The first-order valence-electron chi connectivity index (χ1n) is 10.2. The first kappa shape index (κ1) is 19.3. The standard InChI is InChI=1S/C23H27ClN2O2/c24-20-8-6-18(7-9-20)16-28-22-3-1-2-19(14-22)23(27)26-12-10-21(11-13-26)25-15-17-4-5-17/h1-3,6-9,14,17,21,25H,4-5,10-13,15-16H2. The van der Waals surface area contributed by atoms with Crippen LogP contribution >= 0.6 is 11.6 Å². The highest BCUT2D eigenvalue weighted by molar-refractivity contribution is 6.30. The maximum atomic E-state index is 12.9. The van der Waals surface area contributed by atoms with E-state index in [1.54, 1.807) is 0 Å². The Morgan fingerprint density at radius 3 is 2.54 bits per heavy atom. The summed E-state index contributed by atoms with van der Waals surface area (Å²) in [5.74, 6) is 1.70. The topological polar surface area (TPSA) is 41.6 Å². The lowest BCUT2D eigenvalue weighted by Gasteiger charge is -2.32. The molecular formula is C23H27ClN2O2. The third-order valence-corrected chi connectivity index (χ3v) is 5.83. The molecule has 2 aromatic rings. The van der Waals surface area contributed by atoms with Gasteiger partial charge in [-0.3, -0.25) is 4.79 Å². The first-order chi connectivity index (χ1) is 13.7. The van der Waals surface area contributed by atoms with Crippen molar-refractivity contribution >= 4 is 17.5 Å². The smallest absolute Gasteiger partial charge is 0.253 e. The minimum Gasteiger partial charge on any atom is -0.489 e. The second-order valence-corrected chi connectivity index (χ2v) is 8.30. The van der Waals surface area contributed by atoms with Crippen LogP contribution in [0.4, 0.5) is 0 Å². The molecule has 1 aliphatic heterocycles. The SMILES string of the molecule is O=C(c1cccc(OCc2ccc(Cl)cc2)c1)N1CCC(NCC2CC2)CC1. The predicted octanol–water partition coefficient (Wildman–Crippen LogP) is 4.52. The van der Waals surface area contributed by atoms with Crippen LogP contribution in [0.15, 0.2) is 48.5 Å². The molecule has 0 bridgehead atoms. The summed E-state index contributed by atoms with van der Waals surface area (Å²) in [5.41, 5.74) is 1.74. The van der Waals surface area contributed by atoms with Crippen molar-refractivity contribution in [3.05, 3.63) is 64.7 Å². The number of hydrogen-bond acceptors (Lipinski definition) is 3. The number of halogens is 1. The molecule has 0 unspecified atom stereocenters. The van der Waals surface area contributed by atoms with E-state index < -0.39 is 0 Å². The molecular weight excluding hydrogens is 372 g/mol. The highest BCUT2D eigenvalue weighted by Gasteiger charge is 2.26. The van der Waals surface area contributed by atoms with Gasteiger partial charge in [-0.1, -0.05) is 29.8 Å². The van der Waals surface area contributed by atoms with E-state index in [-0.39, 0.29) is 5.91 Å². The number of nitrogens with zero attached hydrogens (tertiary/aromatic N) is 1. The second kappa shape index (κ2) is 8.97. The minimum atomic E-state index is 0.0950. The zero-order valence-electron chi connectivity index (χ0n) is 16.1. The molecule has 148 valence electrons. The van der Waals surface area contributed by atoms with E-state index in [9.17, 15) is 4.79 Å². The van der Waals surface area contributed by atoms with Crippen LogP contribution in [0.1, 0.15) is 41.6 Å². The fourth-order valence-corrected chi connectivity index (χ4v) is 3.72. The van der Waals surface area contributed by atoms with Gasteiger partial charge < -0.3 is 15.0 Å². The summed E-state index contributed by atoms with van der Waals surface area (Å²) in [6.45, 7) is 3.23. The van der Waals surface area contributed by atoms with Gasteiger partial charge >= 0.3 is 0 Å². The van der Waals surface area contributed by atoms with Crippen molar-refractivity contribution in [1.29, 1.82) is 0 Å². The third-order valence-electron chi connectivity index (χ3n) is 5.57. The van der Waals surface area contributed by atoms with E-state index >= 15 is 0 Å². The van der Waals surface area contributed by atoms with Gasteiger partial charge in [0.05, 0.1) is 0 Å². The van der Waals surface area contributed by atoms with Crippen LogP contribution in [-0.2, 0) is 6.61 Å². The van der Waals surface area contributed by atoms with Crippen molar-refractivity contribution in [3.63, 3.8) is 0 Å². The summed E-state index contributed by atoms with van der Waals surface area (Å²) in [7, 11) is 0. The lowest BCUT2D eigenvalue weighted by molar-refractivity contribution is 0.0704. The molecule has 5 heteroatoms. The predicted molar refractivity (Wildman–Crippen MR) is 112 cm³/mol. The maximum Gasteiger partial charge on any atom is 0.253 e. The van der Waals surface area contributed by atoms with E-state index in [1.807, 2.05) is 53.4 Å². The summed E-state index contributed by atoms with van der Waals surface area (Å²) >= 11 is 5.91. The van der Waals surface area contributed by atoms with Gasteiger partial charge in [-0.05, 0) is 74.0 Å². The van der Waals surface area contributed by atoms with E-state index in [0.717, 1.165) is 44.0 Å².